The van der Waals surface area contributed by atoms with Crippen molar-refractivity contribution in [3.05, 3.63) is 59.2 Å². The molecule has 0 saturated heterocycles. The van der Waals surface area contributed by atoms with Gasteiger partial charge in [0.1, 0.15) is 5.75 Å². The number of nitrogens with one attached hydrogen (secondary N) is 1. The molecule has 0 atom stereocenters. The summed E-state index contributed by atoms with van der Waals surface area (Å²) in [5.74, 6) is -0.554. The first-order chi connectivity index (χ1) is 11.4. The van der Waals surface area contributed by atoms with Gasteiger partial charge in [-0.05, 0) is 37.3 Å². The molecule has 2 aromatic carbocycles. The lowest BCUT2D eigenvalue weighted by atomic mass is 10.0. The normalized spacial score (nSPS) is 10.1. The van der Waals surface area contributed by atoms with Crippen LogP contribution in [0.1, 0.15) is 33.2 Å². The van der Waals surface area contributed by atoms with Gasteiger partial charge >= 0.3 is 0 Å². The fourth-order valence-corrected chi connectivity index (χ4v) is 2.31. The van der Waals surface area contributed by atoms with Crippen molar-refractivity contribution in [3.8, 4) is 5.75 Å². The molecule has 0 fully saturated rings. The van der Waals surface area contributed by atoms with Gasteiger partial charge in [0.2, 0.25) is 5.91 Å². The SMILES string of the molecule is COc1ccc(C(C)=O)cc1CC(=O)Nc1ccccc1C(N)=O. The van der Waals surface area contributed by atoms with Crippen LogP contribution in [0.15, 0.2) is 42.5 Å². The molecule has 0 aliphatic heterocycles. The van der Waals surface area contributed by atoms with Crippen LogP contribution in [0.3, 0.4) is 0 Å². The number of benzene rings is 2. The van der Waals surface area contributed by atoms with E-state index < -0.39 is 5.91 Å². The third kappa shape index (κ3) is 3.98. The highest BCUT2D eigenvalue weighted by molar-refractivity contribution is 6.03. The predicted molar refractivity (Wildman–Crippen MR) is 90.3 cm³/mol. The highest BCUT2D eigenvalue weighted by Crippen LogP contribution is 2.22. The summed E-state index contributed by atoms with van der Waals surface area (Å²) in [5, 5.41) is 2.66. The third-order valence-electron chi connectivity index (χ3n) is 3.50. The second-order valence-corrected chi connectivity index (χ2v) is 5.22. The van der Waals surface area contributed by atoms with Gasteiger partial charge in [-0.2, -0.15) is 0 Å². The Balaban J connectivity index is 2.23. The Morgan fingerprint density at radius 2 is 1.83 bits per heavy atom. The molecule has 2 amide bonds. The number of hydrogen-bond acceptors (Lipinski definition) is 4. The molecular weight excluding hydrogens is 308 g/mol. The minimum Gasteiger partial charge on any atom is -0.496 e. The van der Waals surface area contributed by atoms with Gasteiger partial charge in [-0.1, -0.05) is 12.1 Å². The average molecular weight is 326 g/mol. The summed E-state index contributed by atoms with van der Waals surface area (Å²) in [5.41, 5.74) is 6.95. The number of primary amides is 1. The second kappa shape index (κ2) is 7.41. The van der Waals surface area contributed by atoms with Gasteiger partial charge in [-0.15, -0.1) is 0 Å². The summed E-state index contributed by atoms with van der Waals surface area (Å²) in [6.07, 6.45) is -0.00259. The van der Waals surface area contributed by atoms with Gasteiger partial charge in [0, 0.05) is 11.1 Å². The number of ketones is 1. The van der Waals surface area contributed by atoms with E-state index in [1.807, 2.05) is 0 Å². The molecular formula is C18H18N2O4. The number of para-hydroxylation sites is 1. The Morgan fingerprint density at radius 3 is 2.46 bits per heavy atom. The molecule has 2 rings (SSSR count). The molecule has 0 bridgehead atoms. The van der Waals surface area contributed by atoms with E-state index in [-0.39, 0.29) is 23.7 Å². The zero-order chi connectivity index (χ0) is 17.7. The first kappa shape index (κ1) is 17.2. The van der Waals surface area contributed by atoms with Gasteiger partial charge in [-0.3, -0.25) is 14.4 Å². The third-order valence-corrected chi connectivity index (χ3v) is 3.50. The Bertz CT molecular complexity index is 799. The summed E-state index contributed by atoms with van der Waals surface area (Å²) in [4.78, 5) is 35.2. The summed E-state index contributed by atoms with van der Waals surface area (Å²) < 4.78 is 5.23. The van der Waals surface area contributed by atoms with Crippen molar-refractivity contribution in [3.63, 3.8) is 0 Å². The van der Waals surface area contributed by atoms with Crippen molar-refractivity contribution in [2.75, 3.05) is 12.4 Å². The fourth-order valence-electron chi connectivity index (χ4n) is 2.31. The highest BCUT2D eigenvalue weighted by atomic mass is 16.5. The average Bonchev–Trinajstić information content (AvgIpc) is 2.54. The van der Waals surface area contributed by atoms with Crippen molar-refractivity contribution < 1.29 is 19.1 Å². The van der Waals surface area contributed by atoms with Crippen molar-refractivity contribution in [2.45, 2.75) is 13.3 Å². The van der Waals surface area contributed by atoms with Crippen LogP contribution < -0.4 is 15.8 Å². The largest absolute Gasteiger partial charge is 0.496 e. The van der Waals surface area contributed by atoms with Crippen LogP contribution in [-0.2, 0) is 11.2 Å². The van der Waals surface area contributed by atoms with E-state index in [0.29, 0.717) is 22.6 Å². The molecule has 0 saturated carbocycles. The second-order valence-electron chi connectivity index (χ2n) is 5.22. The summed E-state index contributed by atoms with van der Waals surface area (Å²) in [6, 6.07) is 11.4. The standard InChI is InChI=1S/C18H18N2O4/c1-11(21)12-7-8-16(24-2)13(9-12)10-17(22)20-15-6-4-3-5-14(15)18(19)23/h3-9H,10H2,1-2H3,(H2,19,23)(H,20,22). The fraction of sp³-hybridized carbons (Fsp3) is 0.167. The van der Waals surface area contributed by atoms with E-state index in [4.69, 9.17) is 10.5 Å². The summed E-state index contributed by atoms with van der Waals surface area (Å²) in [6.45, 7) is 1.45. The molecule has 3 N–H and O–H groups in total. The zero-order valence-electron chi connectivity index (χ0n) is 13.5. The molecule has 6 heteroatoms. The predicted octanol–water partition coefficient (Wildman–Crippen LogP) is 2.18. The number of amides is 2. The van der Waals surface area contributed by atoms with E-state index in [1.165, 1.54) is 20.1 Å². The Morgan fingerprint density at radius 1 is 1.12 bits per heavy atom. The van der Waals surface area contributed by atoms with Gasteiger partial charge < -0.3 is 15.8 Å². The molecule has 0 aromatic heterocycles. The van der Waals surface area contributed by atoms with Gasteiger partial charge in [0.25, 0.3) is 5.91 Å². The number of ether oxygens (including phenoxy) is 1. The van der Waals surface area contributed by atoms with Crippen molar-refractivity contribution >= 4 is 23.3 Å². The van der Waals surface area contributed by atoms with Crippen LogP contribution >= 0.6 is 0 Å². The quantitative estimate of drug-likeness (QED) is 0.795. The minimum atomic E-state index is -0.623. The highest BCUT2D eigenvalue weighted by Gasteiger charge is 2.14. The van der Waals surface area contributed by atoms with Crippen LogP contribution in [0.25, 0.3) is 0 Å². The van der Waals surface area contributed by atoms with Gasteiger partial charge in [-0.25, -0.2) is 0 Å². The number of carbonyl (C=O) groups excluding carboxylic acids is 3. The summed E-state index contributed by atoms with van der Waals surface area (Å²) >= 11 is 0. The maximum absolute atomic E-state index is 12.3. The molecule has 0 heterocycles. The number of nitrogens with two attached hydrogens (primary N) is 1. The number of methoxy groups -OCH3 is 1. The lowest BCUT2D eigenvalue weighted by Crippen LogP contribution is -2.19. The first-order valence-electron chi connectivity index (χ1n) is 7.29. The van der Waals surface area contributed by atoms with Crippen LogP contribution in [0.5, 0.6) is 5.75 Å². The molecule has 124 valence electrons. The van der Waals surface area contributed by atoms with Crippen molar-refractivity contribution in [1.29, 1.82) is 0 Å². The Kier molecular flexibility index (Phi) is 5.31. The Hall–Kier alpha value is -3.15. The molecule has 2 aromatic rings. The van der Waals surface area contributed by atoms with Crippen LogP contribution in [0, 0.1) is 0 Å². The maximum atomic E-state index is 12.3. The lowest BCUT2D eigenvalue weighted by molar-refractivity contribution is -0.115. The minimum absolute atomic E-state index is 0.00259. The van der Waals surface area contributed by atoms with Gasteiger partial charge in [0.15, 0.2) is 5.78 Å². The monoisotopic (exact) mass is 326 g/mol. The smallest absolute Gasteiger partial charge is 0.250 e. The van der Waals surface area contributed by atoms with E-state index in [0.717, 1.165) is 0 Å². The Labute approximate surface area is 139 Å². The molecule has 6 nitrogen and oxygen atoms in total. The molecule has 0 radical (unpaired) electrons. The maximum Gasteiger partial charge on any atom is 0.250 e. The molecule has 0 aliphatic carbocycles. The van der Waals surface area contributed by atoms with Crippen molar-refractivity contribution in [1.82, 2.24) is 0 Å². The number of hydrogen-bond donors (Lipinski definition) is 2. The number of carbonyl (C=O) groups is 3. The van der Waals surface area contributed by atoms with Crippen LogP contribution in [0.2, 0.25) is 0 Å². The topological polar surface area (TPSA) is 98.5 Å². The van der Waals surface area contributed by atoms with E-state index >= 15 is 0 Å². The number of rotatable bonds is 6. The van der Waals surface area contributed by atoms with E-state index in [1.54, 1.807) is 36.4 Å². The first-order valence-corrected chi connectivity index (χ1v) is 7.29. The summed E-state index contributed by atoms with van der Waals surface area (Å²) in [7, 11) is 1.49. The number of anilines is 1. The van der Waals surface area contributed by atoms with Crippen LogP contribution in [0.4, 0.5) is 5.69 Å². The zero-order valence-corrected chi connectivity index (χ0v) is 13.5. The van der Waals surface area contributed by atoms with Gasteiger partial charge in [0.05, 0.1) is 24.8 Å². The van der Waals surface area contributed by atoms with Crippen LogP contribution in [-0.4, -0.2) is 24.7 Å². The molecule has 0 spiro atoms. The molecule has 0 unspecified atom stereocenters. The lowest BCUT2D eigenvalue weighted by Gasteiger charge is -2.12. The molecule has 0 aliphatic rings. The number of Topliss-reactive ketones (excluding diaryl/α,β-unsaturated/α-hetero) is 1. The molecule has 24 heavy (non-hydrogen) atoms. The van der Waals surface area contributed by atoms with E-state index in [2.05, 4.69) is 5.32 Å². The van der Waals surface area contributed by atoms with E-state index in [9.17, 15) is 14.4 Å². The van der Waals surface area contributed by atoms with Crippen molar-refractivity contribution in [2.24, 2.45) is 5.73 Å².